The van der Waals surface area contributed by atoms with Gasteiger partial charge in [0.25, 0.3) is 5.91 Å². The van der Waals surface area contributed by atoms with Crippen molar-refractivity contribution in [1.29, 1.82) is 0 Å². The number of benzene rings is 1. The number of carboxylic acids is 1. The molecule has 0 radical (unpaired) electrons. The standard InChI is InChI=1S/C22H25F2NO3/c1-3-4-6-16(2)7-5-8-19-15-22(23,24)21(28)25(19)14-13-17-9-11-18(12-10-17)20(26)27/h5,8-12,16,19H,6-7,13-15H2,1-2H3,(H,26,27)/b8-5+/t16?,19-/m0/s1. The van der Waals surface area contributed by atoms with Crippen LogP contribution in [-0.2, 0) is 11.2 Å². The van der Waals surface area contributed by atoms with E-state index in [2.05, 4.69) is 11.8 Å². The minimum absolute atomic E-state index is 0.159. The molecule has 1 unspecified atom stereocenters. The van der Waals surface area contributed by atoms with Gasteiger partial charge in [-0.15, -0.1) is 11.8 Å². The van der Waals surface area contributed by atoms with Crippen molar-refractivity contribution in [3.63, 3.8) is 0 Å². The summed E-state index contributed by atoms with van der Waals surface area (Å²) in [6.07, 6.45) is 4.89. The molecule has 2 atom stereocenters. The summed E-state index contributed by atoms with van der Waals surface area (Å²) in [4.78, 5) is 24.2. The van der Waals surface area contributed by atoms with Gasteiger partial charge in [0.1, 0.15) is 0 Å². The Bertz CT molecular complexity index is 790. The fraction of sp³-hybridized carbons (Fsp3) is 0.455. The number of hydrogen-bond acceptors (Lipinski definition) is 2. The van der Waals surface area contributed by atoms with Crippen molar-refractivity contribution in [2.24, 2.45) is 5.92 Å². The van der Waals surface area contributed by atoms with Gasteiger partial charge in [0.15, 0.2) is 0 Å². The fourth-order valence-corrected chi connectivity index (χ4v) is 3.15. The third-order valence-electron chi connectivity index (χ3n) is 4.81. The highest BCUT2D eigenvalue weighted by molar-refractivity contribution is 5.87. The highest BCUT2D eigenvalue weighted by Crippen LogP contribution is 2.34. The van der Waals surface area contributed by atoms with Crippen molar-refractivity contribution >= 4 is 11.9 Å². The maximum Gasteiger partial charge on any atom is 0.335 e. The number of allylic oxidation sites excluding steroid dienone is 1. The summed E-state index contributed by atoms with van der Waals surface area (Å²) in [5.74, 6) is 0.645. The SMILES string of the molecule is CC#CCC(C)C/C=C/[C@H]1CC(F)(F)C(=O)N1CCc1ccc(C(=O)O)cc1. The fourth-order valence-electron chi connectivity index (χ4n) is 3.15. The number of carbonyl (C=O) groups excluding carboxylic acids is 1. The van der Waals surface area contributed by atoms with E-state index >= 15 is 0 Å². The lowest BCUT2D eigenvalue weighted by Crippen LogP contribution is -2.37. The van der Waals surface area contributed by atoms with Crippen LogP contribution < -0.4 is 0 Å². The summed E-state index contributed by atoms with van der Waals surface area (Å²) in [6.45, 7) is 3.98. The molecule has 0 aromatic heterocycles. The number of aromatic carboxylic acids is 1. The molecule has 6 heteroatoms. The number of halogens is 2. The number of carbonyl (C=O) groups is 2. The number of nitrogens with zero attached hydrogens (tertiary/aromatic N) is 1. The van der Waals surface area contributed by atoms with Gasteiger partial charge >= 0.3 is 11.9 Å². The molecule has 1 aliphatic rings. The van der Waals surface area contributed by atoms with Crippen LogP contribution in [0.4, 0.5) is 8.78 Å². The number of carboxylic acid groups (broad SMARTS) is 1. The summed E-state index contributed by atoms with van der Waals surface area (Å²) in [6, 6.07) is 5.59. The van der Waals surface area contributed by atoms with E-state index in [1.54, 1.807) is 25.1 Å². The Labute approximate surface area is 164 Å². The maximum atomic E-state index is 13.9. The molecule has 1 N–H and O–H groups in total. The Morgan fingerprint density at radius 2 is 2.07 bits per heavy atom. The highest BCUT2D eigenvalue weighted by Gasteiger charge is 2.52. The first kappa shape index (κ1) is 21.6. The van der Waals surface area contributed by atoms with Crippen molar-refractivity contribution in [3.05, 3.63) is 47.5 Å². The highest BCUT2D eigenvalue weighted by atomic mass is 19.3. The van der Waals surface area contributed by atoms with E-state index in [1.807, 2.05) is 13.0 Å². The summed E-state index contributed by atoms with van der Waals surface area (Å²) < 4.78 is 27.9. The van der Waals surface area contributed by atoms with Crippen molar-refractivity contribution < 1.29 is 23.5 Å². The van der Waals surface area contributed by atoms with Crippen LogP contribution >= 0.6 is 0 Å². The summed E-state index contributed by atoms with van der Waals surface area (Å²) in [5, 5.41) is 8.92. The molecule has 1 heterocycles. The van der Waals surface area contributed by atoms with Gasteiger partial charge in [-0.05, 0) is 43.4 Å². The Morgan fingerprint density at radius 3 is 2.68 bits per heavy atom. The zero-order valence-electron chi connectivity index (χ0n) is 16.1. The van der Waals surface area contributed by atoms with Crippen LogP contribution in [0.2, 0.25) is 0 Å². The monoisotopic (exact) mass is 389 g/mol. The first-order valence-electron chi connectivity index (χ1n) is 9.32. The molecule has 28 heavy (non-hydrogen) atoms. The van der Waals surface area contributed by atoms with E-state index in [1.165, 1.54) is 17.0 Å². The molecule has 1 saturated heterocycles. The molecule has 0 bridgehead atoms. The van der Waals surface area contributed by atoms with E-state index in [0.29, 0.717) is 12.3 Å². The zero-order chi connectivity index (χ0) is 20.7. The zero-order valence-corrected chi connectivity index (χ0v) is 16.1. The first-order valence-corrected chi connectivity index (χ1v) is 9.32. The van der Waals surface area contributed by atoms with Crippen LogP contribution in [0, 0.1) is 17.8 Å². The third kappa shape index (κ3) is 5.66. The maximum absolute atomic E-state index is 13.9. The first-order chi connectivity index (χ1) is 13.2. The normalized spacial score (nSPS) is 19.5. The van der Waals surface area contributed by atoms with E-state index in [-0.39, 0.29) is 12.1 Å². The molecule has 2 rings (SSSR count). The van der Waals surface area contributed by atoms with E-state index in [9.17, 15) is 18.4 Å². The largest absolute Gasteiger partial charge is 0.478 e. The van der Waals surface area contributed by atoms with Crippen molar-refractivity contribution in [3.8, 4) is 11.8 Å². The average molecular weight is 389 g/mol. The van der Waals surface area contributed by atoms with Gasteiger partial charge < -0.3 is 10.0 Å². The quantitative estimate of drug-likeness (QED) is 0.537. The second kappa shape index (κ2) is 9.50. The lowest BCUT2D eigenvalue weighted by atomic mass is 10.0. The lowest BCUT2D eigenvalue weighted by Gasteiger charge is -2.22. The summed E-state index contributed by atoms with van der Waals surface area (Å²) in [7, 11) is 0. The molecule has 1 aromatic carbocycles. The molecule has 4 nitrogen and oxygen atoms in total. The van der Waals surface area contributed by atoms with Crippen LogP contribution in [-0.4, -0.2) is 40.4 Å². The van der Waals surface area contributed by atoms with Gasteiger partial charge in [-0.1, -0.05) is 31.2 Å². The predicted molar refractivity (Wildman–Crippen MR) is 103 cm³/mol. The predicted octanol–water partition coefficient (Wildman–Crippen LogP) is 4.16. The van der Waals surface area contributed by atoms with Crippen LogP contribution in [0.15, 0.2) is 36.4 Å². The van der Waals surface area contributed by atoms with Crippen LogP contribution in [0.3, 0.4) is 0 Å². The Kier molecular flexibility index (Phi) is 7.33. The molecule has 1 aromatic rings. The van der Waals surface area contributed by atoms with E-state index in [4.69, 9.17) is 5.11 Å². The topological polar surface area (TPSA) is 57.6 Å². The second-order valence-electron chi connectivity index (χ2n) is 7.13. The van der Waals surface area contributed by atoms with Gasteiger partial charge in [-0.2, -0.15) is 8.78 Å². The second-order valence-corrected chi connectivity index (χ2v) is 7.13. The molecular formula is C22H25F2NO3. The molecule has 0 saturated carbocycles. The number of likely N-dealkylation sites (tertiary alicyclic amines) is 1. The summed E-state index contributed by atoms with van der Waals surface area (Å²) in [5.41, 5.74) is 0.956. The Morgan fingerprint density at radius 1 is 1.39 bits per heavy atom. The smallest absolute Gasteiger partial charge is 0.335 e. The van der Waals surface area contributed by atoms with Crippen molar-refractivity contribution in [2.75, 3.05) is 6.54 Å². The number of alkyl halides is 2. The van der Waals surface area contributed by atoms with E-state index in [0.717, 1.165) is 18.4 Å². The average Bonchev–Trinajstić information content (AvgIpc) is 2.87. The molecule has 150 valence electrons. The van der Waals surface area contributed by atoms with E-state index < -0.39 is 30.3 Å². The van der Waals surface area contributed by atoms with Gasteiger partial charge in [-0.25, -0.2) is 4.79 Å². The van der Waals surface area contributed by atoms with Crippen LogP contribution in [0.5, 0.6) is 0 Å². The molecule has 1 fully saturated rings. The van der Waals surface area contributed by atoms with Gasteiger partial charge in [-0.3, -0.25) is 4.79 Å². The molecule has 0 aliphatic carbocycles. The summed E-state index contributed by atoms with van der Waals surface area (Å²) >= 11 is 0. The lowest BCUT2D eigenvalue weighted by molar-refractivity contribution is -0.148. The van der Waals surface area contributed by atoms with Gasteiger partial charge in [0.2, 0.25) is 0 Å². The van der Waals surface area contributed by atoms with Crippen LogP contribution in [0.25, 0.3) is 0 Å². The molecular weight excluding hydrogens is 364 g/mol. The Hall–Kier alpha value is -2.68. The van der Waals surface area contributed by atoms with Crippen molar-refractivity contribution in [2.45, 2.75) is 51.5 Å². The Balaban J connectivity index is 2.00. The minimum atomic E-state index is -3.35. The third-order valence-corrected chi connectivity index (χ3v) is 4.81. The van der Waals surface area contributed by atoms with Gasteiger partial charge in [0, 0.05) is 19.4 Å². The van der Waals surface area contributed by atoms with Gasteiger partial charge in [0.05, 0.1) is 11.6 Å². The number of amides is 1. The minimum Gasteiger partial charge on any atom is -0.478 e. The molecule has 0 spiro atoms. The molecule has 1 aliphatic heterocycles. The number of hydrogen-bond donors (Lipinski definition) is 1. The van der Waals surface area contributed by atoms with Crippen molar-refractivity contribution in [1.82, 2.24) is 4.90 Å². The molecule has 1 amide bonds. The number of rotatable bonds is 8. The van der Waals surface area contributed by atoms with Crippen LogP contribution in [0.1, 0.15) is 49.0 Å².